The number of fused-ring (bicyclic) bond motifs is 6. The Morgan fingerprint density at radius 3 is 1.67 bits per heavy atom. The minimum Gasteiger partial charge on any atom is -0.456 e. The summed E-state index contributed by atoms with van der Waals surface area (Å²) >= 11 is 0. The van der Waals surface area contributed by atoms with Crippen LogP contribution in [0.15, 0.2) is 180 Å². The Balaban J connectivity index is 1.18. The normalized spacial score (nSPS) is 11.5. The fourth-order valence-electron chi connectivity index (χ4n) is 7.27. The van der Waals surface area contributed by atoms with Crippen LogP contribution in [0.5, 0.6) is 0 Å². The highest BCUT2D eigenvalue weighted by atomic mass is 16.3. The van der Waals surface area contributed by atoms with E-state index in [4.69, 9.17) is 19.4 Å². The van der Waals surface area contributed by atoms with Crippen LogP contribution in [-0.2, 0) is 0 Å². The van der Waals surface area contributed by atoms with Gasteiger partial charge in [-0.1, -0.05) is 152 Å². The standard InChI is InChI=1S/C47H29N3O/c1-3-14-31(15-4-1)45-48-46(32-16-5-2-6-17-32)50-47(49-45)40-29-42-44(39-22-10-9-21-38(39)40)43-37(23-12-24-41(43)51-42)36-20-11-19-34(28-36)35-26-25-30-13-7-8-18-33(30)27-35/h1-29H. The largest absolute Gasteiger partial charge is 0.456 e. The Morgan fingerprint density at radius 2 is 0.902 bits per heavy atom. The van der Waals surface area contributed by atoms with Gasteiger partial charge in [-0.05, 0) is 68.1 Å². The molecule has 0 bridgehead atoms. The van der Waals surface area contributed by atoms with Gasteiger partial charge in [-0.25, -0.2) is 15.0 Å². The first-order valence-electron chi connectivity index (χ1n) is 17.1. The van der Waals surface area contributed by atoms with Crippen molar-refractivity contribution in [3.63, 3.8) is 0 Å². The van der Waals surface area contributed by atoms with E-state index in [1.54, 1.807) is 0 Å². The minimum atomic E-state index is 0.601. The van der Waals surface area contributed by atoms with E-state index >= 15 is 0 Å². The van der Waals surface area contributed by atoms with E-state index in [1.807, 2.05) is 60.7 Å². The molecule has 0 fully saturated rings. The molecule has 0 aliphatic carbocycles. The van der Waals surface area contributed by atoms with Crippen LogP contribution >= 0.6 is 0 Å². The van der Waals surface area contributed by atoms with E-state index in [-0.39, 0.29) is 0 Å². The zero-order valence-corrected chi connectivity index (χ0v) is 27.5. The van der Waals surface area contributed by atoms with Crippen LogP contribution in [-0.4, -0.2) is 15.0 Å². The zero-order chi connectivity index (χ0) is 33.7. The molecule has 0 amide bonds. The number of rotatable bonds is 5. The molecular formula is C47H29N3O. The molecule has 8 aromatic carbocycles. The van der Waals surface area contributed by atoms with Crippen molar-refractivity contribution in [2.24, 2.45) is 0 Å². The van der Waals surface area contributed by atoms with Crippen molar-refractivity contribution in [2.75, 3.05) is 0 Å². The van der Waals surface area contributed by atoms with E-state index in [2.05, 4.69) is 115 Å². The molecule has 0 aliphatic rings. The molecule has 238 valence electrons. The molecular weight excluding hydrogens is 623 g/mol. The molecule has 51 heavy (non-hydrogen) atoms. The molecule has 0 spiro atoms. The van der Waals surface area contributed by atoms with E-state index < -0.39 is 0 Å². The maximum atomic E-state index is 6.71. The van der Waals surface area contributed by atoms with Gasteiger partial charge in [-0.3, -0.25) is 0 Å². The number of hydrogen-bond acceptors (Lipinski definition) is 4. The lowest BCUT2D eigenvalue weighted by Crippen LogP contribution is -2.00. The molecule has 4 nitrogen and oxygen atoms in total. The summed E-state index contributed by atoms with van der Waals surface area (Å²) in [6.45, 7) is 0. The monoisotopic (exact) mass is 651 g/mol. The number of benzene rings is 8. The van der Waals surface area contributed by atoms with E-state index in [9.17, 15) is 0 Å². The summed E-state index contributed by atoms with van der Waals surface area (Å²) in [5.41, 5.74) is 9.03. The lowest BCUT2D eigenvalue weighted by atomic mass is 9.93. The molecule has 10 aromatic rings. The minimum absolute atomic E-state index is 0.601. The van der Waals surface area contributed by atoms with Gasteiger partial charge in [0.05, 0.1) is 0 Å². The number of furan rings is 1. The van der Waals surface area contributed by atoms with Crippen LogP contribution in [0.25, 0.3) is 99.9 Å². The smallest absolute Gasteiger partial charge is 0.164 e. The molecule has 0 N–H and O–H groups in total. The van der Waals surface area contributed by atoms with Gasteiger partial charge in [0.25, 0.3) is 0 Å². The Bertz CT molecular complexity index is 2860. The summed E-state index contributed by atoms with van der Waals surface area (Å²) in [6.07, 6.45) is 0. The van der Waals surface area contributed by atoms with Crippen LogP contribution in [0, 0.1) is 0 Å². The molecule has 10 rings (SSSR count). The number of hydrogen-bond donors (Lipinski definition) is 0. The second-order valence-corrected chi connectivity index (χ2v) is 12.8. The molecule has 0 unspecified atom stereocenters. The van der Waals surface area contributed by atoms with Crippen molar-refractivity contribution in [3.05, 3.63) is 176 Å². The summed E-state index contributed by atoms with van der Waals surface area (Å²) in [4.78, 5) is 15.1. The number of aromatic nitrogens is 3. The molecule has 0 atom stereocenters. The first-order chi connectivity index (χ1) is 25.3. The van der Waals surface area contributed by atoms with Crippen molar-refractivity contribution < 1.29 is 4.42 Å². The highest BCUT2D eigenvalue weighted by Crippen LogP contribution is 2.43. The third-order valence-corrected chi connectivity index (χ3v) is 9.70. The quantitative estimate of drug-likeness (QED) is 0.186. The predicted octanol–water partition coefficient (Wildman–Crippen LogP) is 12.4. The van der Waals surface area contributed by atoms with Gasteiger partial charge < -0.3 is 4.42 Å². The molecule has 4 heteroatoms. The predicted molar refractivity (Wildman–Crippen MR) is 209 cm³/mol. The maximum Gasteiger partial charge on any atom is 0.164 e. The van der Waals surface area contributed by atoms with Crippen molar-refractivity contribution in [1.82, 2.24) is 15.0 Å². The molecule has 0 saturated carbocycles. The van der Waals surface area contributed by atoms with Crippen LogP contribution in [0.4, 0.5) is 0 Å². The van der Waals surface area contributed by atoms with E-state index in [0.717, 1.165) is 60.5 Å². The first-order valence-corrected chi connectivity index (χ1v) is 17.1. The highest BCUT2D eigenvalue weighted by molar-refractivity contribution is 6.25. The lowest BCUT2D eigenvalue weighted by molar-refractivity contribution is 0.669. The fourth-order valence-corrected chi connectivity index (χ4v) is 7.27. The van der Waals surface area contributed by atoms with E-state index in [0.29, 0.717) is 17.5 Å². The third kappa shape index (κ3) is 5.04. The van der Waals surface area contributed by atoms with Crippen LogP contribution in [0.1, 0.15) is 0 Å². The van der Waals surface area contributed by atoms with Gasteiger partial charge in [-0.2, -0.15) is 0 Å². The zero-order valence-electron chi connectivity index (χ0n) is 27.5. The average molecular weight is 652 g/mol. The number of nitrogens with zero attached hydrogens (tertiary/aromatic N) is 3. The van der Waals surface area contributed by atoms with Crippen LogP contribution in [0.2, 0.25) is 0 Å². The topological polar surface area (TPSA) is 51.8 Å². The molecule has 0 radical (unpaired) electrons. The van der Waals surface area contributed by atoms with Gasteiger partial charge in [-0.15, -0.1) is 0 Å². The lowest BCUT2D eigenvalue weighted by Gasteiger charge is -2.11. The van der Waals surface area contributed by atoms with Gasteiger partial charge in [0.2, 0.25) is 0 Å². The molecule has 0 aliphatic heterocycles. The fraction of sp³-hybridized carbons (Fsp3) is 0. The molecule has 2 aromatic heterocycles. The maximum absolute atomic E-state index is 6.71. The summed E-state index contributed by atoms with van der Waals surface area (Å²) in [6, 6.07) is 61.1. The summed E-state index contributed by atoms with van der Waals surface area (Å²) in [5.74, 6) is 1.85. The van der Waals surface area contributed by atoms with E-state index in [1.165, 1.54) is 21.9 Å². The summed E-state index contributed by atoms with van der Waals surface area (Å²) in [7, 11) is 0. The molecule has 2 heterocycles. The molecule has 0 saturated heterocycles. The van der Waals surface area contributed by atoms with Gasteiger partial charge in [0.1, 0.15) is 11.2 Å². The van der Waals surface area contributed by atoms with Crippen LogP contribution in [0.3, 0.4) is 0 Å². The Labute approximate surface area is 294 Å². The Morgan fingerprint density at radius 1 is 0.314 bits per heavy atom. The van der Waals surface area contributed by atoms with Crippen LogP contribution < -0.4 is 0 Å². The average Bonchev–Trinajstić information content (AvgIpc) is 3.60. The van der Waals surface area contributed by atoms with Crippen molar-refractivity contribution in [2.45, 2.75) is 0 Å². The summed E-state index contributed by atoms with van der Waals surface area (Å²) in [5, 5.41) is 6.79. The third-order valence-electron chi connectivity index (χ3n) is 9.70. The van der Waals surface area contributed by atoms with Crippen molar-refractivity contribution in [1.29, 1.82) is 0 Å². The highest BCUT2D eigenvalue weighted by Gasteiger charge is 2.20. The van der Waals surface area contributed by atoms with Gasteiger partial charge in [0.15, 0.2) is 17.5 Å². The Kier molecular flexibility index (Phi) is 6.78. The summed E-state index contributed by atoms with van der Waals surface area (Å²) < 4.78 is 6.71. The second-order valence-electron chi connectivity index (χ2n) is 12.8. The van der Waals surface area contributed by atoms with Crippen molar-refractivity contribution in [3.8, 4) is 56.4 Å². The second kappa shape index (κ2) is 11.9. The SMILES string of the molecule is c1ccc(-c2nc(-c3ccccc3)nc(-c3cc4oc5cccc(-c6cccc(-c7ccc8ccccc8c7)c6)c5c4c4ccccc34)n2)cc1. The van der Waals surface area contributed by atoms with Gasteiger partial charge in [0, 0.05) is 27.5 Å². The van der Waals surface area contributed by atoms with Crippen molar-refractivity contribution >= 4 is 43.5 Å². The van der Waals surface area contributed by atoms with Gasteiger partial charge >= 0.3 is 0 Å². The first kappa shape index (κ1) is 29.0. The Hall–Kier alpha value is -6.91.